The van der Waals surface area contributed by atoms with Crippen LogP contribution in [0.1, 0.15) is 24.3 Å². The van der Waals surface area contributed by atoms with Gasteiger partial charge in [-0.15, -0.1) is 0 Å². The maximum Gasteiger partial charge on any atom is 0.246 e. The normalized spacial score (nSPS) is 15.6. The van der Waals surface area contributed by atoms with Crippen molar-refractivity contribution >= 4 is 5.91 Å². The predicted molar refractivity (Wildman–Crippen MR) is 106 cm³/mol. The lowest BCUT2D eigenvalue weighted by Crippen LogP contribution is -2.47. The van der Waals surface area contributed by atoms with Crippen LogP contribution in [0.4, 0.5) is 0 Å². The third-order valence-corrected chi connectivity index (χ3v) is 5.30. The third kappa shape index (κ3) is 4.00. The zero-order valence-corrected chi connectivity index (χ0v) is 16.3. The number of nitrogens with zero attached hydrogens (tertiary/aromatic N) is 2. The van der Waals surface area contributed by atoms with Crippen LogP contribution in [0.15, 0.2) is 59.1 Å². The van der Waals surface area contributed by atoms with E-state index >= 15 is 0 Å². The van der Waals surface area contributed by atoms with Crippen molar-refractivity contribution in [2.45, 2.75) is 24.8 Å². The van der Waals surface area contributed by atoms with E-state index in [2.05, 4.69) is 15.5 Å². The molecule has 2 aromatic carbocycles. The molecule has 0 atom stereocenters. The lowest BCUT2D eigenvalue weighted by atomic mass is 9.73. The van der Waals surface area contributed by atoms with E-state index < -0.39 is 5.41 Å². The quantitative estimate of drug-likeness (QED) is 0.693. The minimum Gasteiger partial charge on any atom is -0.497 e. The van der Waals surface area contributed by atoms with Gasteiger partial charge in [0.15, 0.2) is 0 Å². The average molecular weight is 393 g/mol. The summed E-state index contributed by atoms with van der Waals surface area (Å²) >= 11 is 0. The monoisotopic (exact) mass is 393 g/mol. The maximum atomic E-state index is 13.2. The van der Waals surface area contributed by atoms with Crippen molar-refractivity contribution in [3.05, 3.63) is 66.1 Å². The first kappa shape index (κ1) is 19.1. The lowest BCUT2D eigenvalue weighted by molar-refractivity contribution is -0.130. The van der Waals surface area contributed by atoms with E-state index in [1.807, 2.05) is 54.6 Å². The number of carbonyl (C=O) groups excluding carboxylic acids is 1. The van der Waals surface area contributed by atoms with Crippen molar-refractivity contribution in [2.24, 2.45) is 0 Å². The van der Waals surface area contributed by atoms with Gasteiger partial charge in [0, 0.05) is 18.8 Å². The van der Waals surface area contributed by atoms with Gasteiger partial charge in [-0.05, 0) is 30.5 Å². The molecule has 4 rings (SSSR count). The van der Waals surface area contributed by atoms with E-state index in [-0.39, 0.29) is 12.5 Å². The Morgan fingerprint density at radius 1 is 1.14 bits per heavy atom. The van der Waals surface area contributed by atoms with Crippen LogP contribution in [-0.2, 0) is 21.5 Å². The molecular weight excluding hydrogens is 370 g/mol. The highest BCUT2D eigenvalue weighted by Crippen LogP contribution is 2.35. The molecule has 1 amide bonds. The Labute approximate surface area is 169 Å². The van der Waals surface area contributed by atoms with Gasteiger partial charge in [-0.2, -0.15) is 4.98 Å². The summed E-state index contributed by atoms with van der Waals surface area (Å²) in [4.78, 5) is 17.6. The van der Waals surface area contributed by atoms with E-state index in [9.17, 15) is 4.79 Å². The van der Waals surface area contributed by atoms with Gasteiger partial charge in [-0.25, -0.2) is 0 Å². The average Bonchev–Trinajstić information content (AvgIpc) is 3.27. The highest BCUT2D eigenvalue weighted by atomic mass is 16.5. The minimum absolute atomic E-state index is 0.0480. The van der Waals surface area contributed by atoms with E-state index in [0.29, 0.717) is 43.5 Å². The van der Waals surface area contributed by atoms with Gasteiger partial charge in [0.1, 0.15) is 5.75 Å². The number of aromatic nitrogens is 2. The molecule has 1 aromatic heterocycles. The largest absolute Gasteiger partial charge is 0.497 e. The molecule has 1 N–H and O–H groups in total. The number of methoxy groups -OCH3 is 1. The Hall–Kier alpha value is -3.19. The Balaban J connectivity index is 1.48. The smallest absolute Gasteiger partial charge is 0.246 e. The standard InChI is InChI=1S/C22H23N3O4/c1-27-18-9-5-6-16(14-18)20-24-19(29-25-20)15-23-21(26)22(10-12-28-13-11-22)17-7-3-2-4-8-17/h2-9,14H,10-13,15H2,1H3,(H,23,26). The summed E-state index contributed by atoms with van der Waals surface area (Å²) in [5.74, 6) is 1.48. The molecule has 1 aliphatic heterocycles. The fourth-order valence-electron chi connectivity index (χ4n) is 3.66. The van der Waals surface area contributed by atoms with Crippen molar-refractivity contribution in [1.29, 1.82) is 0 Å². The van der Waals surface area contributed by atoms with Gasteiger partial charge >= 0.3 is 0 Å². The molecule has 0 bridgehead atoms. The lowest BCUT2D eigenvalue weighted by Gasteiger charge is -2.36. The zero-order chi connectivity index (χ0) is 20.1. The molecular formula is C22H23N3O4. The summed E-state index contributed by atoms with van der Waals surface area (Å²) in [7, 11) is 1.61. The molecule has 1 fully saturated rings. The molecule has 2 heterocycles. The van der Waals surface area contributed by atoms with Gasteiger partial charge in [0.05, 0.1) is 19.1 Å². The van der Waals surface area contributed by atoms with Gasteiger partial charge in [0.25, 0.3) is 0 Å². The van der Waals surface area contributed by atoms with Crippen molar-refractivity contribution in [1.82, 2.24) is 15.5 Å². The van der Waals surface area contributed by atoms with E-state index in [0.717, 1.165) is 11.1 Å². The second-order valence-electron chi connectivity index (χ2n) is 6.99. The summed E-state index contributed by atoms with van der Waals surface area (Å²) in [5, 5.41) is 6.99. The number of amides is 1. The number of rotatable bonds is 6. The minimum atomic E-state index is -0.602. The van der Waals surface area contributed by atoms with Crippen LogP contribution < -0.4 is 10.1 Å². The molecule has 0 radical (unpaired) electrons. The molecule has 0 spiro atoms. The Morgan fingerprint density at radius 3 is 2.69 bits per heavy atom. The molecule has 0 unspecified atom stereocenters. The number of hydrogen-bond acceptors (Lipinski definition) is 6. The second-order valence-corrected chi connectivity index (χ2v) is 6.99. The predicted octanol–water partition coefficient (Wildman–Crippen LogP) is 3.11. The summed E-state index contributed by atoms with van der Waals surface area (Å²) in [6.45, 7) is 1.29. The summed E-state index contributed by atoms with van der Waals surface area (Å²) in [5.41, 5.74) is 1.19. The fraction of sp³-hybridized carbons (Fsp3) is 0.318. The molecule has 29 heavy (non-hydrogen) atoms. The number of carbonyl (C=O) groups is 1. The molecule has 7 nitrogen and oxygen atoms in total. The van der Waals surface area contributed by atoms with Crippen LogP contribution in [0.25, 0.3) is 11.4 Å². The topological polar surface area (TPSA) is 86.5 Å². The van der Waals surface area contributed by atoms with Gasteiger partial charge in [0.2, 0.25) is 17.6 Å². The zero-order valence-electron chi connectivity index (χ0n) is 16.3. The molecule has 150 valence electrons. The summed E-state index contributed by atoms with van der Waals surface area (Å²) in [6, 6.07) is 17.3. The van der Waals surface area contributed by atoms with Crippen LogP contribution in [0.5, 0.6) is 5.75 Å². The van der Waals surface area contributed by atoms with Crippen molar-refractivity contribution < 1.29 is 18.8 Å². The molecule has 1 saturated heterocycles. The van der Waals surface area contributed by atoms with Gasteiger partial charge in [-0.1, -0.05) is 47.6 Å². The third-order valence-electron chi connectivity index (χ3n) is 5.30. The number of hydrogen-bond donors (Lipinski definition) is 1. The maximum absolute atomic E-state index is 13.2. The number of ether oxygens (including phenoxy) is 2. The summed E-state index contributed by atoms with van der Waals surface area (Å²) < 4.78 is 16.1. The van der Waals surface area contributed by atoms with E-state index in [1.165, 1.54) is 0 Å². The Kier molecular flexibility index (Phi) is 5.57. The first-order valence-electron chi connectivity index (χ1n) is 9.60. The van der Waals surface area contributed by atoms with Gasteiger partial charge in [-0.3, -0.25) is 4.79 Å². The summed E-state index contributed by atoms with van der Waals surface area (Å²) in [6.07, 6.45) is 1.28. The highest BCUT2D eigenvalue weighted by Gasteiger charge is 2.41. The van der Waals surface area contributed by atoms with Crippen molar-refractivity contribution in [3.8, 4) is 17.1 Å². The van der Waals surface area contributed by atoms with E-state index in [4.69, 9.17) is 14.0 Å². The van der Waals surface area contributed by atoms with Crippen molar-refractivity contribution in [2.75, 3.05) is 20.3 Å². The Bertz CT molecular complexity index is 965. The second kappa shape index (κ2) is 8.45. The first-order valence-corrected chi connectivity index (χ1v) is 9.60. The van der Waals surface area contributed by atoms with E-state index in [1.54, 1.807) is 7.11 Å². The first-order chi connectivity index (χ1) is 14.2. The SMILES string of the molecule is COc1cccc(-c2noc(CNC(=O)C3(c4ccccc4)CCOCC3)n2)c1. The molecule has 0 saturated carbocycles. The molecule has 7 heteroatoms. The van der Waals surface area contributed by atoms with Crippen LogP contribution in [0.3, 0.4) is 0 Å². The fourth-order valence-corrected chi connectivity index (χ4v) is 3.66. The van der Waals surface area contributed by atoms with Crippen molar-refractivity contribution in [3.63, 3.8) is 0 Å². The number of benzene rings is 2. The molecule has 1 aliphatic rings. The molecule has 3 aromatic rings. The van der Waals surface area contributed by atoms with Crippen LogP contribution in [0, 0.1) is 0 Å². The highest BCUT2D eigenvalue weighted by molar-refractivity contribution is 5.88. The van der Waals surface area contributed by atoms with Gasteiger partial charge < -0.3 is 19.3 Å². The van der Waals surface area contributed by atoms with Crippen LogP contribution in [0.2, 0.25) is 0 Å². The Morgan fingerprint density at radius 2 is 1.93 bits per heavy atom. The van der Waals surface area contributed by atoms with Crippen LogP contribution >= 0.6 is 0 Å². The molecule has 0 aliphatic carbocycles. The van der Waals surface area contributed by atoms with Crippen LogP contribution in [-0.4, -0.2) is 36.4 Å². The number of nitrogens with one attached hydrogen (secondary N) is 1.